The van der Waals surface area contributed by atoms with Gasteiger partial charge < -0.3 is 4.74 Å². The maximum atomic E-state index is 13.5. The Morgan fingerprint density at radius 2 is 1.70 bits per heavy atom. The van der Waals surface area contributed by atoms with Gasteiger partial charge in [-0.05, 0) is 56.0 Å². The topological polar surface area (TPSA) is 83.3 Å². The van der Waals surface area contributed by atoms with Crippen LogP contribution in [0.15, 0.2) is 59.6 Å². The standard InChI is InChI=1S/C26H23N3O3S/c1-3-32-26(31)21-14-20(15-27)25(28-17(21)2)33-16-24(30)29-22-10-6-4-8-18(22)12-13-19-9-5-7-11-23(19)29/h4-11,14H,3,12-13,16H2,1-2H3. The summed E-state index contributed by atoms with van der Waals surface area (Å²) in [5.41, 5.74) is 4.99. The summed E-state index contributed by atoms with van der Waals surface area (Å²) in [6.45, 7) is 3.66. The molecule has 166 valence electrons. The molecule has 0 fully saturated rings. The summed E-state index contributed by atoms with van der Waals surface area (Å²) in [6.07, 6.45) is 1.72. The minimum absolute atomic E-state index is 0.0976. The lowest BCUT2D eigenvalue weighted by atomic mass is 10.0. The van der Waals surface area contributed by atoms with Gasteiger partial charge in [-0.2, -0.15) is 5.26 Å². The predicted molar refractivity (Wildman–Crippen MR) is 128 cm³/mol. The molecular weight excluding hydrogens is 434 g/mol. The van der Waals surface area contributed by atoms with E-state index in [2.05, 4.69) is 23.2 Å². The highest BCUT2D eigenvalue weighted by Gasteiger charge is 2.26. The molecule has 0 radical (unpaired) electrons. The van der Waals surface area contributed by atoms with E-state index in [9.17, 15) is 14.9 Å². The predicted octanol–water partition coefficient (Wildman–Crippen LogP) is 4.99. The number of carbonyl (C=O) groups is 2. The number of nitriles is 1. The molecule has 0 bridgehead atoms. The van der Waals surface area contributed by atoms with Crippen molar-refractivity contribution in [2.75, 3.05) is 17.3 Å². The third-order valence-electron chi connectivity index (χ3n) is 5.50. The Morgan fingerprint density at radius 1 is 1.09 bits per heavy atom. The number of aromatic nitrogens is 1. The van der Waals surface area contributed by atoms with Crippen molar-refractivity contribution < 1.29 is 14.3 Å². The molecule has 6 nitrogen and oxygen atoms in total. The van der Waals surface area contributed by atoms with Gasteiger partial charge in [0, 0.05) is 0 Å². The minimum Gasteiger partial charge on any atom is -0.462 e. The molecule has 1 aromatic heterocycles. The van der Waals surface area contributed by atoms with Crippen LogP contribution in [0.4, 0.5) is 11.4 Å². The summed E-state index contributed by atoms with van der Waals surface area (Å²) in [7, 11) is 0. The molecule has 0 unspecified atom stereocenters. The zero-order chi connectivity index (χ0) is 23.4. The zero-order valence-electron chi connectivity index (χ0n) is 18.5. The van der Waals surface area contributed by atoms with E-state index >= 15 is 0 Å². The number of nitrogens with zero attached hydrogens (tertiary/aromatic N) is 3. The fourth-order valence-electron chi connectivity index (χ4n) is 3.93. The number of carbonyl (C=O) groups excluding carboxylic acids is 2. The molecule has 0 spiro atoms. The highest BCUT2D eigenvalue weighted by molar-refractivity contribution is 8.00. The molecule has 2 aromatic carbocycles. The number of anilines is 2. The highest BCUT2D eigenvalue weighted by atomic mass is 32.2. The second-order valence-electron chi connectivity index (χ2n) is 7.58. The molecule has 2 heterocycles. The molecule has 0 atom stereocenters. The maximum Gasteiger partial charge on any atom is 0.340 e. The Bertz CT molecular complexity index is 1220. The number of aryl methyl sites for hydroxylation is 3. The lowest BCUT2D eigenvalue weighted by Crippen LogP contribution is -2.28. The summed E-state index contributed by atoms with van der Waals surface area (Å²) >= 11 is 1.20. The van der Waals surface area contributed by atoms with Crippen LogP contribution in [0.3, 0.4) is 0 Å². The van der Waals surface area contributed by atoms with E-state index in [1.165, 1.54) is 17.8 Å². The maximum absolute atomic E-state index is 13.5. The number of esters is 1. The fourth-order valence-corrected chi connectivity index (χ4v) is 4.78. The van der Waals surface area contributed by atoms with Crippen LogP contribution in [-0.4, -0.2) is 29.2 Å². The van der Waals surface area contributed by atoms with Gasteiger partial charge in [0.15, 0.2) is 0 Å². The molecule has 1 amide bonds. The van der Waals surface area contributed by atoms with Crippen molar-refractivity contribution in [3.8, 4) is 6.07 Å². The van der Waals surface area contributed by atoms with Gasteiger partial charge in [-0.15, -0.1) is 0 Å². The Kier molecular flexibility index (Phi) is 6.76. The van der Waals surface area contributed by atoms with Crippen LogP contribution in [0.1, 0.15) is 39.7 Å². The van der Waals surface area contributed by atoms with E-state index in [4.69, 9.17) is 4.74 Å². The summed E-state index contributed by atoms with van der Waals surface area (Å²) < 4.78 is 5.05. The highest BCUT2D eigenvalue weighted by Crippen LogP contribution is 2.37. The number of rotatable bonds is 5. The fraction of sp³-hybridized carbons (Fsp3) is 0.231. The molecule has 33 heavy (non-hydrogen) atoms. The first-order valence-corrected chi connectivity index (χ1v) is 11.7. The van der Waals surface area contributed by atoms with E-state index in [0.29, 0.717) is 10.7 Å². The molecule has 7 heteroatoms. The summed E-state index contributed by atoms with van der Waals surface area (Å²) in [4.78, 5) is 31.9. The lowest BCUT2D eigenvalue weighted by molar-refractivity contribution is -0.115. The Labute approximate surface area is 197 Å². The van der Waals surface area contributed by atoms with Crippen LogP contribution in [0.2, 0.25) is 0 Å². The van der Waals surface area contributed by atoms with E-state index in [1.807, 2.05) is 36.4 Å². The number of hydrogen-bond donors (Lipinski definition) is 0. The van der Waals surface area contributed by atoms with Gasteiger partial charge in [0.25, 0.3) is 0 Å². The van der Waals surface area contributed by atoms with Crippen molar-refractivity contribution in [1.82, 2.24) is 4.98 Å². The molecule has 0 saturated heterocycles. The van der Waals surface area contributed by atoms with Gasteiger partial charge in [-0.1, -0.05) is 48.2 Å². The number of amides is 1. The second-order valence-corrected chi connectivity index (χ2v) is 8.55. The van der Waals surface area contributed by atoms with Gasteiger partial charge in [0.2, 0.25) is 5.91 Å². The number of fused-ring (bicyclic) bond motifs is 2. The molecule has 0 N–H and O–H groups in total. The first-order chi connectivity index (χ1) is 16.0. The van der Waals surface area contributed by atoms with E-state index in [0.717, 1.165) is 35.3 Å². The number of thioether (sulfide) groups is 1. The number of hydrogen-bond acceptors (Lipinski definition) is 6. The quantitative estimate of drug-likeness (QED) is 0.396. The monoisotopic (exact) mass is 457 g/mol. The largest absolute Gasteiger partial charge is 0.462 e. The Balaban J connectivity index is 1.63. The summed E-state index contributed by atoms with van der Waals surface area (Å²) in [5, 5.41) is 10.0. The van der Waals surface area contributed by atoms with Crippen LogP contribution >= 0.6 is 11.8 Å². The molecule has 1 aliphatic heterocycles. The molecular formula is C26H23N3O3S. The number of benzene rings is 2. The average molecular weight is 458 g/mol. The zero-order valence-corrected chi connectivity index (χ0v) is 19.3. The van der Waals surface area contributed by atoms with Crippen LogP contribution in [-0.2, 0) is 22.4 Å². The summed E-state index contributed by atoms with van der Waals surface area (Å²) in [6, 6.07) is 19.5. The van der Waals surface area contributed by atoms with E-state index < -0.39 is 5.97 Å². The molecule has 4 rings (SSSR count). The van der Waals surface area contributed by atoms with Crippen molar-refractivity contribution in [2.45, 2.75) is 31.7 Å². The smallest absolute Gasteiger partial charge is 0.340 e. The first-order valence-electron chi connectivity index (χ1n) is 10.7. The van der Waals surface area contributed by atoms with E-state index in [-0.39, 0.29) is 29.4 Å². The van der Waals surface area contributed by atoms with Crippen molar-refractivity contribution >= 4 is 35.0 Å². The van der Waals surface area contributed by atoms with Gasteiger partial charge in [0.05, 0.1) is 40.6 Å². The summed E-state index contributed by atoms with van der Waals surface area (Å²) in [5.74, 6) is -0.508. The van der Waals surface area contributed by atoms with Crippen molar-refractivity contribution in [3.05, 3.63) is 82.5 Å². The normalized spacial score (nSPS) is 12.2. The first kappa shape index (κ1) is 22.6. The third kappa shape index (κ3) is 4.62. The number of para-hydroxylation sites is 2. The van der Waals surface area contributed by atoms with Gasteiger partial charge in [-0.25, -0.2) is 9.78 Å². The minimum atomic E-state index is -0.510. The molecule has 1 aliphatic rings. The van der Waals surface area contributed by atoms with Crippen LogP contribution in [0.25, 0.3) is 0 Å². The second kappa shape index (κ2) is 9.88. The van der Waals surface area contributed by atoms with Gasteiger partial charge >= 0.3 is 5.97 Å². The third-order valence-corrected chi connectivity index (χ3v) is 6.48. The Morgan fingerprint density at radius 3 is 2.27 bits per heavy atom. The van der Waals surface area contributed by atoms with Crippen LogP contribution in [0, 0.1) is 18.3 Å². The van der Waals surface area contributed by atoms with Crippen molar-refractivity contribution in [1.29, 1.82) is 5.26 Å². The molecule has 3 aromatic rings. The average Bonchev–Trinajstić information content (AvgIpc) is 2.99. The number of pyridine rings is 1. The van der Waals surface area contributed by atoms with E-state index in [1.54, 1.807) is 18.7 Å². The number of ether oxygens (including phenoxy) is 1. The van der Waals surface area contributed by atoms with Gasteiger partial charge in [-0.3, -0.25) is 9.69 Å². The van der Waals surface area contributed by atoms with Gasteiger partial charge in [0.1, 0.15) is 11.1 Å². The Hall–Kier alpha value is -3.63. The van der Waals surface area contributed by atoms with Crippen LogP contribution < -0.4 is 4.90 Å². The van der Waals surface area contributed by atoms with Crippen molar-refractivity contribution in [2.24, 2.45) is 0 Å². The molecule has 0 aliphatic carbocycles. The van der Waals surface area contributed by atoms with Crippen LogP contribution in [0.5, 0.6) is 0 Å². The van der Waals surface area contributed by atoms with Crippen molar-refractivity contribution in [3.63, 3.8) is 0 Å². The molecule has 0 saturated carbocycles. The SMILES string of the molecule is CCOC(=O)c1cc(C#N)c(SCC(=O)N2c3ccccc3CCc3ccccc32)nc1C. The lowest BCUT2D eigenvalue weighted by Gasteiger charge is -2.25.